The molecule has 0 aromatic heterocycles. The van der Waals surface area contributed by atoms with Crippen molar-refractivity contribution >= 4 is 42.3 Å². The van der Waals surface area contributed by atoms with Crippen LogP contribution in [0.15, 0.2) is 0 Å². The number of carboxylic acid groups (broad SMARTS) is 2. The third-order valence-corrected chi connectivity index (χ3v) is 3.43. The van der Waals surface area contributed by atoms with Gasteiger partial charge in [0, 0.05) is 5.75 Å². The Morgan fingerprint density at radius 3 is 2.08 bits per heavy atom. The Bertz CT molecular complexity index is 556. The molecule has 4 atom stereocenters. The highest BCUT2D eigenvalue weighted by molar-refractivity contribution is 7.80. The number of thiol groups is 1. The number of nitrogens with one attached hydrogen (secondary N) is 3. The summed E-state index contributed by atoms with van der Waals surface area (Å²) in [4.78, 5) is 57.1. The maximum Gasteiger partial charge on any atom is 0.328 e. The molecule has 0 bridgehead atoms. The van der Waals surface area contributed by atoms with Crippen LogP contribution in [-0.2, 0) is 24.0 Å². The predicted octanol–water partition coefficient (Wildman–Crippen LogP) is -3.73. The molecule has 0 aliphatic carbocycles. The van der Waals surface area contributed by atoms with Crippen LogP contribution in [-0.4, -0.2) is 81.5 Å². The first kappa shape index (κ1) is 23.6. The Labute approximate surface area is 153 Å². The van der Waals surface area contributed by atoms with Gasteiger partial charge in [-0.05, 0) is 6.92 Å². The molecule has 0 fully saturated rings. The molecule has 13 heteroatoms. The highest BCUT2D eigenvalue weighted by atomic mass is 32.1. The zero-order chi connectivity index (χ0) is 20.4. The molecule has 0 saturated heterocycles. The lowest BCUT2D eigenvalue weighted by Crippen LogP contribution is -2.56. The van der Waals surface area contributed by atoms with E-state index >= 15 is 0 Å². The van der Waals surface area contributed by atoms with Gasteiger partial charge in [-0.1, -0.05) is 0 Å². The summed E-state index contributed by atoms with van der Waals surface area (Å²) in [5.74, 6) is -5.62. The summed E-state index contributed by atoms with van der Waals surface area (Å²) in [6, 6.07) is -4.26. The summed E-state index contributed by atoms with van der Waals surface area (Å²) >= 11 is 3.81. The van der Waals surface area contributed by atoms with Gasteiger partial charge in [0.2, 0.25) is 17.7 Å². The van der Waals surface area contributed by atoms with E-state index in [4.69, 9.17) is 15.9 Å². The molecule has 3 amide bonds. The number of amides is 3. The highest BCUT2D eigenvalue weighted by Gasteiger charge is 2.30. The summed E-state index contributed by atoms with van der Waals surface area (Å²) in [5.41, 5.74) is 5.39. The van der Waals surface area contributed by atoms with Gasteiger partial charge in [-0.2, -0.15) is 12.6 Å². The lowest BCUT2D eigenvalue weighted by Gasteiger charge is -2.22. The van der Waals surface area contributed by atoms with Gasteiger partial charge in [-0.15, -0.1) is 0 Å². The maximum atomic E-state index is 12.0. The Hall–Kier alpha value is -2.38. The van der Waals surface area contributed by atoms with Crippen LogP contribution in [0.4, 0.5) is 0 Å². The zero-order valence-corrected chi connectivity index (χ0v) is 14.7. The minimum Gasteiger partial charge on any atom is -0.481 e. The van der Waals surface area contributed by atoms with E-state index in [1.807, 2.05) is 5.32 Å². The van der Waals surface area contributed by atoms with Crippen LogP contribution < -0.4 is 21.7 Å². The fraction of sp³-hybridized carbons (Fsp3) is 0.615. The smallest absolute Gasteiger partial charge is 0.328 e. The van der Waals surface area contributed by atoms with E-state index in [2.05, 4.69) is 23.3 Å². The molecule has 12 nitrogen and oxygen atoms in total. The number of aliphatic hydroxyl groups is 1. The number of carbonyl (C=O) groups is 5. The first-order valence-electron chi connectivity index (χ1n) is 7.36. The zero-order valence-electron chi connectivity index (χ0n) is 13.8. The maximum absolute atomic E-state index is 12.0. The van der Waals surface area contributed by atoms with E-state index in [0.717, 1.165) is 6.92 Å². The minimum absolute atomic E-state index is 0.0351. The Kier molecular flexibility index (Phi) is 10.2. The van der Waals surface area contributed by atoms with E-state index < -0.39 is 66.9 Å². The molecule has 0 rings (SSSR count). The second-order valence-electron chi connectivity index (χ2n) is 5.29. The van der Waals surface area contributed by atoms with E-state index in [1.54, 1.807) is 0 Å². The molecular weight excluding hydrogens is 372 g/mol. The molecule has 0 spiro atoms. The summed E-state index contributed by atoms with van der Waals surface area (Å²) in [6.07, 6.45) is -2.30. The summed E-state index contributed by atoms with van der Waals surface area (Å²) in [6.45, 7) is 0.534. The second-order valence-corrected chi connectivity index (χ2v) is 5.66. The number of aliphatic carboxylic acids is 2. The first-order valence-corrected chi connectivity index (χ1v) is 7.99. The van der Waals surface area contributed by atoms with Crippen LogP contribution in [0.2, 0.25) is 0 Å². The van der Waals surface area contributed by atoms with Gasteiger partial charge in [-0.25, -0.2) is 4.79 Å². The topological polar surface area (TPSA) is 208 Å². The number of rotatable bonds is 11. The summed E-state index contributed by atoms with van der Waals surface area (Å²) < 4.78 is 0. The first-order chi connectivity index (χ1) is 12.0. The molecule has 0 aromatic rings. The fourth-order valence-corrected chi connectivity index (χ4v) is 1.82. The average Bonchev–Trinajstić information content (AvgIpc) is 2.54. The molecule has 0 aliphatic heterocycles. The molecular formula is C13H22N4O8S. The molecule has 0 heterocycles. The molecule has 4 unspecified atom stereocenters. The van der Waals surface area contributed by atoms with Crippen molar-refractivity contribution in [1.29, 1.82) is 0 Å². The van der Waals surface area contributed by atoms with E-state index in [1.165, 1.54) is 0 Å². The van der Waals surface area contributed by atoms with Gasteiger partial charge >= 0.3 is 11.9 Å². The number of hydrogen-bond acceptors (Lipinski definition) is 8. The number of carboxylic acids is 2. The third kappa shape index (κ3) is 8.64. The fourth-order valence-electron chi connectivity index (χ4n) is 1.65. The number of nitrogens with two attached hydrogens (primary N) is 1. The van der Waals surface area contributed by atoms with Gasteiger partial charge in [0.25, 0.3) is 0 Å². The quantitative estimate of drug-likeness (QED) is 0.162. The molecule has 0 aromatic carbocycles. The predicted molar refractivity (Wildman–Crippen MR) is 90.3 cm³/mol. The van der Waals surface area contributed by atoms with Gasteiger partial charge in [-0.3, -0.25) is 19.2 Å². The number of carbonyl (C=O) groups excluding carboxylic acids is 3. The Balaban J connectivity index is 4.90. The van der Waals surface area contributed by atoms with Crippen molar-refractivity contribution in [3.8, 4) is 0 Å². The molecule has 8 N–H and O–H groups in total. The van der Waals surface area contributed by atoms with Crippen molar-refractivity contribution in [2.75, 3.05) is 12.3 Å². The number of aliphatic hydroxyl groups excluding tert-OH is 1. The van der Waals surface area contributed by atoms with Crippen LogP contribution in [0.1, 0.15) is 13.3 Å². The number of hydrogen-bond donors (Lipinski definition) is 8. The van der Waals surface area contributed by atoms with E-state index in [-0.39, 0.29) is 5.75 Å². The van der Waals surface area contributed by atoms with Gasteiger partial charge in [0.15, 0.2) is 6.04 Å². The molecule has 26 heavy (non-hydrogen) atoms. The van der Waals surface area contributed by atoms with Gasteiger partial charge in [0.1, 0.15) is 6.04 Å². The normalized spacial score (nSPS) is 15.1. The van der Waals surface area contributed by atoms with Crippen LogP contribution in [0, 0.1) is 0 Å². The van der Waals surface area contributed by atoms with Crippen molar-refractivity contribution in [3.05, 3.63) is 0 Å². The lowest BCUT2D eigenvalue weighted by molar-refractivity contribution is -0.145. The van der Waals surface area contributed by atoms with Crippen molar-refractivity contribution in [2.24, 2.45) is 5.73 Å². The molecule has 0 saturated carbocycles. The summed E-state index contributed by atoms with van der Waals surface area (Å²) in [5, 5.41) is 33.2. The highest BCUT2D eigenvalue weighted by Crippen LogP contribution is 1.98. The monoisotopic (exact) mass is 394 g/mol. The van der Waals surface area contributed by atoms with Crippen molar-refractivity contribution in [1.82, 2.24) is 16.0 Å². The van der Waals surface area contributed by atoms with Gasteiger partial charge in [0.05, 0.1) is 25.1 Å². The average molecular weight is 394 g/mol. The summed E-state index contributed by atoms with van der Waals surface area (Å²) in [7, 11) is 0. The Morgan fingerprint density at radius 1 is 1.08 bits per heavy atom. The lowest BCUT2D eigenvalue weighted by atomic mass is 10.1. The second kappa shape index (κ2) is 11.3. The third-order valence-electron chi connectivity index (χ3n) is 3.03. The van der Waals surface area contributed by atoms with Crippen LogP contribution in [0.3, 0.4) is 0 Å². The van der Waals surface area contributed by atoms with Crippen LogP contribution >= 0.6 is 12.6 Å². The van der Waals surface area contributed by atoms with Gasteiger partial charge < -0.3 is 37.0 Å². The molecule has 0 radical (unpaired) electrons. The van der Waals surface area contributed by atoms with Crippen molar-refractivity contribution in [3.63, 3.8) is 0 Å². The largest absolute Gasteiger partial charge is 0.481 e. The van der Waals surface area contributed by atoms with E-state index in [0.29, 0.717) is 0 Å². The van der Waals surface area contributed by atoms with Crippen molar-refractivity contribution in [2.45, 2.75) is 37.6 Å². The molecule has 148 valence electrons. The Morgan fingerprint density at radius 2 is 1.65 bits per heavy atom. The SMILES string of the molecule is CC(O)C(NC(=O)C(CC(=O)O)NC(=O)CNC(=O)C(N)CS)C(=O)O. The van der Waals surface area contributed by atoms with Crippen molar-refractivity contribution < 1.29 is 39.3 Å². The van der Waals surface area contributed by atoms with Crippen LogP contribution in [0.25, 0.3) is 0 Å². The standard InChI is InChI=1S/C13H22N4O8S/c1-5(18)10(13(24)25)17-12(23)7(2-9(20)21)16-8(19)3-15-11(22)6(14)4-26/h5-7,10,18,26H,2-4,14H2,1H3,(H,15,22)(H,16,19)(H,17,23)(H,20,21)(H,24,25). The molecule has 0 aliphatic rings. The van der Waals surface area contributed by atoms with Crippen LogP contribution in [0.5, 0.6) is 0 Å². The van der Waals surface area contributed by atoms with E-state index in [9.17, 15) is 29.1 Å². The minimum atomic E-state index is -1.69.